The Morgan fingerprint density at radius 3 is 2.52 bits per heavy atom. The number of amides is 1. The summed E-state index contributed by atoms with van der Waals surface area (Å²) in [5.74, 6) is -0.529. The Morgan fingerprint density at radius 1 is 1.19 bits per heavy atom. The summed E-state index contributed by atoms with van der Waals surface area (Å²) >= 11 is 0. The molecule has 1 aromatic heterocycles. The Kier molecular flexibility index (Phi) is 6.10. The zero-order valence-corrected chi connectivity index (χ0v) is 18.5. The van der Waals surface area contributed by atoms with Gasteiger partial charge in [-0.05, 0) is 64.3 Å². The number of carboxylic acid groups (broad SMARTS) is 1. The summed E-state index contributed by atoms with van der Waals surface area (Å²) in [6.45, 7) is 9.25. The van der Waals surface area contributed by atoms with Gasteiger partial charge < -0.3 is 19.5 Å². The van der Waals surface area contributed by atoms with Crippen molar-refractivity contribution in [1.29, 1.82) is 0 Å². The van der Waals surface area contributed by atoms with Crippen molar-refractivity contribution in [3.63, 3.8) is 0 Å². The van der Waals surface area contributed by atoms with E-state index in [0.717, 1.165) is 16.5 Å². The van der Waals surface area contributed by atoms with Crippen LogP contribution < -0.4 is 0 Å². The molecule has 0 spiro atoms. The van der Waals surface area contributed by atoms with Crippen molar-refractivity contribution < 1.29 is 29.0 Å². The van der Waals surface area contributed by atoms with Gasteiger partial charge in [-0.15, -0.1) is 0 Å². The maximum absolute atomic E-state index is 12.7. The zero-order chi connectivity index (χ0) is 22.9. The molecule has 1 aliphatic rings. The van der Waals surface area contributed by atoms with Crippen LogP contribution in [0.4, 0.5) is 9.59 Å². The molecule has 31 heavy (non-hydrogen) atoms. The van der Waals surface area contributed by atoms with Crippen LogP contribution in [0.3, 0.4) is 0 Å². The first-order valence-corrected chi connectivity index (χ1v) is 10.3. The second kappa shape index (κ2) is 8.45. The van der Waals surface area contributed by atoms with Gasteiger partial charge in [-0.25, -0.2) is 14.4 Å². The van der Waals surface area contributed by atoms with Crippen LogP contribution >= 0.6 is 0 Å². The SMILES string of the molecule is CCOC(=O)C1=C(c2ccc3ccn(C(=O)OC(C)(C)C)c3c2)CCN(C(=O)O)C1C. The van der Waals surface area contributed by atoms with Crippen molar-refractivity contribution in [2.45, 2.75) is 52.7 Å². The molecular weight excluding hydrogens is 400 g/mol. The summed E-state index contributed by atoms with van der Waals surface area (Å²) in [5, 5.41) is 10.3. The lowest BCUT2D eigenvalue weighted by atomic mass is 9.88. The van der Waals surface area contributed by atoms with Crippen LogP contribution in [0, 0.1) is 0 Å². The molecule has 1 aliphatic heterocycles. The van der Waals surface area contributed by atoms with Gasteiger partial charge in [0.05, 0.1) is 23.7 Å². The Labute approximate surface area is 181 Å². The van der Waals surface area contributed by atoms with Gasteiger partial charge in [0.1, 0.15) is 5.60 Å². The lowest BCUT2D eigenvalue weighted by molar-refractivity contribution is -0.139. The number of hydrogen-bond acceptors (Lipinski definition) is 5. The van der Waals surface area contributed by atoms with Crippen LogP contribution in [0.5, 0.6) is 0 Å². The number of ether oxygens (including phenoxy) is 2. The second-order valence-electron chi connectivity index (χ2n) is 8.45. The lowest BCUT2D eigenvalue weighted by Crippen LogP contribution is -2.44. The predicted molar refractivity (Wildman–Crippen MR) is 116 cm³/mol. The van der Waals surface area contributed by atoms with E-state index in [4.69, 9.17) is 9.47 Å². The van der Waals surface area contributed by atoms with Crippen molar-refractivity contribution in [3.05, 3.63) is 41.6 Å². The highest BCUT2D eigenvalue weighted by atomic mass is 16.6. The molecule has 2 aromatic rings. The number of carbonyl (C=O) groups excluding carboxylic acids is 2. The minimum absolute atomic E-state index is 0.190. The van der Waals surface area contributed by atoms with Gasteiger partial charge in [0.2, 0.25) is 0 Å². The first kappa shape index (κ1) is 22.4. The van der Waals surface area contributed by atoms with Crippen LogP contribution in [0.2, 0.25) is 0 Å². The summed E-state index contributed by atoms with van der Waals surface area (Å²) in [4.78, 5) is 38.2. The van der Waals surface area contributed by atoms with Crippen LogP contribution in [-0.4, -0.2) is 57.5 Å². The Bertz CT molecular complexity index is 1060. The molecule has 8 nitrogen and oxygen atoms in total. The molecule has 0 radical (unpaired) electrons. The highest BCUT2D eigenvalue weighted by Gasteiger charge is 2.34. The van der Waals surface area contributed by atoms with Crippen molar-refractivity contribution in [1.82, 2.24) is 9.47 Å². The highest BCUT2D eigenvalue weighted by molar-refractivity contribution is 6.01. The molecule has 0 fully saturated rings. The summed E-state index contributed by atoms with van der Waals surface area (Å²) in [6, 6.07) is 6.75. The third-order valence-electron chi connectivity index (χ3n) is 5.19. The van der Waals surface area contributed by atoms with E-state index < -0.39 is 29.8 Å². The first-order chi connectivity index (χ1) is 14.5. The fourth-order valence-corrected chi connectivity index (χ4v) is 3.82. The fraction of sp³-hybridized carbons (Fsp3) is 0.435. The van der Waals surface area contributed by atoms with E-state index in [9.17, 15) is 19.5 Å². The molecule has 0 saturated carbocycles. The molecule has 0 saturated heterocycles. The van der Waals surface area contributed by atoms with Gasteiger partial charge in [0.15, 0.2) is 0 Å². The van der Waals surface area contributed by atoms with Crippen molar-refractivity contribution in [2.24, 2.45) is 0 Å². The van der Waals surface area contributed by atoms with Gasteiger partial charge >= 0.3 is 18.2 Å². The number of hydrogen-bond donors (Lipinski definition) is 1. The Hall–Kier alpha value is -3.29. The molecule has 1 unspecified atom stereocenters. The smallest absolute Gasteiger partial charge is 0.418 e. The number of aromatic nitrogens is 1. The van der Waals surface area contributed by atoms with Gasteiger partial charge in [-0.3, -0.25) is 4.57 Å². The standard InChI is InChI=1S/C23H28N2O6/c1-6-30-20(26)19-14(2)24(21(27)28)12-10-17(19)16-8-7-15-9-11-25(18(15)13-16)22(29)31-23(3,4)5/h7-9,11,13-14H,6,10,12H2,1-5H3,(H,27,28). The molecule has 1 atom stereocenters. The summed E-state index contributed by atoms with van der Waals surface area (Å²) < 4.78 is 12.2. The molecule has 0 bridgehead atoms. The molecule has 1 aromatic carbocycles. The number of carbonyl (C=O) groups is 3. The lowest BCUT2D eigenvalue weighted by Gasteiger charge is -2.34. The Morgan fingerprint density at radius 2 is 1.90 bits per heavy atom. The number of rotatable bonds is 3. The first-order valence-electron chi connectivity index (χ1n) is 10.3. The fourth-order valence-electron chi connectivity index (χ4n) is 3.82. The summed E-state index contributed by atoms with van der Waals surface area (Å²) in [7, 11) is 0. The van der Waals surface area contributed by atoms with E-state index in [2.05, 4.69) is 0 Å². The molecule has 166 valence electrons. The van der Waals surface area contributed by atoms with E-state index in [1.165, 1.54) is 9.47 Å². The maximum Gasteiger partial charge on any atom is 0.418 e. The Balaban J connectivity index is 2.11. The topological polar surface area (TPSA) is 98.1 Å². The van der Waals surface area contributed by atoms with Crippen molar-refractivity contribution in [2.75, 3.05) is 13.2 Å². The highest BCUT2D eigenvalue weighted by Crippen LogP contribution is 2.34. The molecule has 0 aliphatic carbocycles. The number of esters is 1. The predicted octanol–water partition coefficient (Wildman–Crippen LogP) is 4.51. The quantitative estimate of drug-likeness (QED) is 0.722. The van der Waals surface area contributed by atoms with Gasteiger partial charge in [-0.2, -0.15) is 0 Å². The third kappa shape index (κ3) is 4.57. The van der Waals surface area contributed by atoms with Gasteiger partial charge in [0, 0.05) is 18.1 Å². The van der Waals surface area contributed by atoms with E-state index in [1.54, 1.807) is 40.8 Å². The van der Waals surface area contributed by atoms with Crippen LogP contribution in [0.15, 0.2) is 36.0 Å². The molecular formula is C23H28N2O6. The minimum Gasteiger partial charge on any atom is -0.465 e. The molecule has 1 N–H and O–H groups in total. The maximum atomic E-state index is 12.7. The monoisotopic (exact) mass is 428 g/mol. The van der Waals surface area contributed by atoms with E-state index in [0.29, 0.717) is 17.5 Å². The summed E-state index contributed by atoms with van der Waals surface area (Å²) in [6.07, 6.45) is 0.443. The molecule has 2 heterocycles. The van der Waals surface area contributed by atoms with E-state index in [-0.39, 0.29) is 13.2 Å². The molecule has 8 heteroatoms. The van der Waals surface area contributed by atoms with E-state index in [1.807, 2.05) is 24.3 Å². The van der Waals surface area contributed by atoms with Crippen LogP contribution in [0.1, 0.15) is 46.6 Å². The minimum atomic E-state index is -1.08. The molecule has 3 rings (SSSR count). The number of nitrogens with zero attached hydrogens (tertiary/aromatic N) is 2. The average molecular weight is 428 g/mol. The molecule has 1 amide bonds. The number of fused-ring (bicyclic) bond motifs is 1. The van der Waals surface area contributed by atoms with Crippen LogP contribution in [-0.2, 0) is 14.3 Å². The second-order valence-corrected chi connectivity index (χ2v) is 8.45. The zero-order valence-electron chi connectivity index (χ0n) is 18.5. The van der Waals surface area contributed by atoms with Crippen molar-refractivity contribution in [3.8, 4) is 0 Å². The van der Waals surface area contributed by atoms with Gasteiger partial charge in [0.25, 0.3) is 0 Å². The summed E-state index contributed by atoms with van der Waals surface area (Å²) in [5.41, 5.74) is 1.81. The normalized spacial score (nSPS) is 17.1. The third-order valence-corrected chi connectivity index (χ3v) is 5.19. The largest absolute Gasteiger partial charge is 0.465 e. The van der Waals surface area contributed by atoms with Crippen LogP contribution in [0.25, 0.3) is 16.5 Å². The average Bonchev–Trinajstić information content (AvgIpc) is 3.09. The van der Waals surface area contributed by atoms with Gasteiger partial charge in [-0.1, -0.05) is 12.1 Å². The number of benzene rings is 1. The van der Waals surface area contributed by atoms with Crippen molar-refractivity contribution >= 4 is 34.6 Å². The van der Waals surface area contributed by atoms with E-state index >= 15 is 0 Å².